The zero-order valence-electron chi connectivity index (χ0n) is 12.1. The Labute approximate surface area is 114 Å². The molecule has 5 nitrogen and oxygen atoms in total. The highest BCUT2D eigenvalue weighted by Gasteiger charge is 2.11. The van der Waals surface area contributed by atoms with Crippen LogP contribution in [-0.2, 0) is 13.0 Å². The van der Waals surface area contributed by atoms with E-state index >= 15 is 0 Å². The molecule has 0 saturated heterocycles. The van der Waals surface area contributed by atoms with Crippen LogP contribution in [0.2, 0.25) is 0 Å². The van der Waals surface area contributed by atoms with Crippen LogP contribution >= 0.6 is 0 Å². The summed E-state index contributed by atoms with van der Waals surface area (Å²) in [6.07, 6.45) is 5.83. The van der Waals surface area contributed by atoms with E-state index in [2.05, 4.69) is 34.2 Å². The van der Waals surface area contributed by atoms with Crippen LogP contribution in [0.3, 0.4) is 0 Å². The number of aryl methyl sites for hydroxylation is 2. The maximum absolute atomic E-state index is 4.59. The average molecular weight is 259 g/mol. The van der Waals surface area contributed by atoms with Gasteiger partial charge >= 0.3 is 0 Å². The molecule has 0 unspecified atom stereocenters. The minimum Gasteiger partial charge on any atom is -0.373 e. The first kappa shape index (κ1) is 13.5. The third-order valence-electron chi connectivity index (χ3n) is 3.15. The topological polar surface area (TPSA) is 55.6 Å². The van der Waals surface area contributed by atoms with Gasteiger partial charge in [0.1, 0.15) is 5.82 Å². The van der Waals surface area contributed by atoms with Crippen LogP contribution in [0.4, 0.5) is 5.82 Å². The zero-order chi connectivity index (χ0) is 13.8. The summed E-state index contributed by atoms with van der Waals surface area (Å²) in [4.78, 5) is 9.18. The molecule has 0 bridgehead atoms. The first-order chi connectivity index (χ1) is 9.19. The Morgan fingerprint density at radius 1 is 1.26 bits per heavy atom. The Hall–Kier alpha value is -1.91. The molecule has 0 spiro atoms. The van der Waals surface area contributed by atoms with Crippen molar-refractivity contribution in [2.24, 2.45) is 0 Å². The molecular weight excluding hydrogens is 238 g/mol. The number of hydrogen-bond acceptors (Lipinski definition) is 4. The molecule has 2 aromatic rings. The van der Waals surface area contributed by atoms with Crippen LogP contribution in [-0.4, -0.2) is 26.8 Å². The quantitative estimate of drug-likeness (QED) is 0.897. The number of nitrogens with one attached hydrogen (secondary N) is 1. The van der Waals surface area contributed by atoms with Gasteiger partial charge in [-0.15, -0.1) is 0 Å². The van der Waals surface area contributed by atoms with E-state index < -0.39 is 0 Å². The fraction of sp³-hybridized carbons (Fsp3) is 0.500. The average Bonchev–Trinajstić information content (AvgIpc) is 2.86. The Kier molecular flexibility index (Phi) is 4.14. The number of nitrogens with zero attached hydrogens (tertiary/aromatic N) is 4. The van der Waals surface area contributed by atoms with Crippen molar-refractivity contribution in [3.8, 4) is 11.4 Å². The summed E-state index contributed by atoms with van der Waals surface area (Å²) in [6.45, 7) is 7.20. The number of rotatable bonds is 5. The summed E-state index contributed by atoms with van der Waals surface area (Å²) in [5, 5.41) is 7.48. The van der Waals surface area contributed by atoms with Crippen molar-refractivity contribution in [3.05, 3.63) is 23.7 Å². The van der Waals surface area contributed by atoms with Gasteiger partial charge in [0.25, 0.3) is 0 Å². The minimum atomic E-state index is 0.737. The first-order valence-corrected chi connectivity index (χ1v) is 6.77. The van der Waals surface area contributed by atoms with E-state index in [9.17, 15) is 0 Å². The second kappa shape index (κ2) is 5.82. The molecular formula is C14H21N5. The van der Waals surface area contributed by atoms with Gasteiger partial charge in [-0.25, -0.2) is 9.97 Å². The van der Waals surface area contributed by atoms with Crippen molar-refractivity contribution in [2.45, 2.75) is 40.2 Å². The summed E-state index contributed by atoms with van der Waals surface area (Å²) in [5.74, 6) is 1.65. The maximum atomic E-state index is 4.59. The first-order valence-electron chi connectivity index (χ1n) is 6.77. The third-order valence-corrected chi connectivity index (χ3v) is 3.15. The molecule has 0 aliphatic carbocycles. The molecule has 0 fully saturated rings. The molecule has 0 aliphatic heterocycles. The number of aromatic nitrogens is 4. The van der Waals surface area contributed by atoms with Gasteiger partial charge in [-0.1, -0.05) is 13.8 Å². The standard InChI is InChI=1S/C14H21N5/c1-5-7-19-9-11(8-16-19)13-17-10(3)12(6-2)14(15-4)18-13/h8-9H,5-7H2,1-4H3,(H,15,17,18). The van der Waals surface area contributed by atoms with Crippen molar-refractivity contribution in [2.75, 3.05) is 12.4 Å². The molecule has 102 valence electrons. The number of hydrogen-bond donors (Lipinski definition) is 1. The van der Waals surface area contributed by atoms with Crippen molar-refractivity contribution >= 4 is 5.82 Å². The predicted molar refractivity (Wildman–Crippen MR) is 77.2 cm³/mol. The molecule has 0 aliphatic rings. The molecule has 2 rings (SSSR count). The lowest BCUT2D eigenvalue weighted by Crippen LogP contribution is -2.04. The fourth-order valence-electron chi connectivity index (χ4n) is 2.19. The normalized spacial score (nSPS) is 10.7. The molecule has 0 radical (unpaired) electrons. The molecule has 1 N–H and O–H groups in total. The molecule has 2 aromatic heterocycles. The molecule has 0 atom stereocenters. The highest BCUT2D eigenvalue weighted by Crippen LogP contribution is 2.22. The molecule has 19 heavy (non-hydrogen) atoms. The highest BCUT2D eigenvalue weighted by molar-refractivity contribution is 5.58. The summed E-state index contributed by atoms with van der Waals surface area (Å²) >= 11 is 0. The van der Waals surface area contributed by atoms with Gasteiger partial charge in [-0.2, -0.15) is 5.10 Å². The molecule has 5 heteroatoms. The van der Waals surface area contributed by atoms with Gasteiger partial charge in [0.05, 0.1) is 11.8 Å². The van der Waals surface area contributed by atoms with Crippen molar-refractivity contribution < 1.29 is 0 Å². The maximum Gasteiger partial charge on any atom is 0.164 e. The monoisotopic (exact) mass is 259 g/mol. The summed E-state index contributed by atoms with van der Waals surface area (Å²) in [5.41, 5.74) is 3.17. The van der Waals surface area contributed by atoms with Gasteiger partial charge in [0.2, 0.25) is 0 Å². The van der Waals surface area contributed by atoms with Crippen LogP contribution in [0.1, 0.15) is 31.5 Å². The van der Waals surface area contributed by atoms with Gasteiger partial charge in [0, 0.05) is 31.0 Å². The second-order valence-electron chi connectivity index (χ2n) is 4.56. The Morgan fingerprint density at radius 2 is 2.05 bits per heavy atom. The second-order valence-corrected chi connectivity index (χ2v) is 4.56. The Balaban J connectivity index is 2.41. The van der Waals surface area contributed by atoms with Crippen molar-refractivity contribution in [1.82, 2.24) is 19.7 Å². The molecule has 0 amide bonds. The van der Waals surface area contributed by atoms with Crippen LogP contribution in [0.15, 0.2) is 12.4 Å². The fourth-order valence-corrected chi connectivity index (χ4v) is 2.19. The minimum absolute atomic E-state index is 0.737. The van der Waals surface area contributed by atoms with Crippen LogP contribution in [0.25, 0.3) is 11.4 Å². The lowest BCUT2D eigenvalue weighted by atomic mass is 10.1. The Morgan fingerprint density at radius 3 is 2.68 bits per heavy atom. The van der Waals surface area contributed by atoms with E-state index in [0.717, 1.165) is 42.3 Å². The molecule has 2 heterocycles. The van der Waals surface area contributed by atoms with Gasteiger partial charge in [0.15, 0.2) is 5.82 Å². The molecule has 0 aromatic carbocycles. The third kappa shape index (κ3) is 2.75. The molecule has 0 saturated carbocycles. The van der Waals surface area contributed by atoms with Crippen LogP contribution < -0.4 is 5.32 Å². The van der Waals surface area contributed by atoms with E-state index in [1.54, 1.807) is 0 Å². The van der Waals surface area contributed by atoms with E-state index in [1.165, 1.54) is 5.56 Å². The summed E-state index contributed by atoms with van der Waals surface area (Å²) in [7, 11) is 1.89. The van der Waals surface area contributed by atoms with Crippen molar-refractivity contribution in [3.63, 3.8) is 0 Å². The smallest absolute Gasteiger partial charge is 0.164 e. The van der Waals surface area contributed by atoms with E-state index in [-0.39, 0.29) is 0 Å². The highest BCUT2D eigenvalue weighted by atomic mass is 15.3. The van der Waals surface area contributed by atoms with Gasteiger partial charge in [-0.3, -0.25) is 4.68 Å². The van der Waals surface area contributed by atoms with E-state index in [0.29, 0.717) is 0 Å². The predicted octanol–water partition coefficient (Wildman–Crippen LogP) is 2.66. The lowest BCUT2D eigenvalue weighted by molar-refractivity contribution is 0.603. The zero-order valence-corrected chi connectivity index (χ0v) is 12.1. The van der Waals surface area contributed by atoms with Crippen molar-refractivity contribution in [1.29, 1.82) is 0 Å². The summed E-state index contributed by atoms with van der Waals surface area (Å²) < 4.78 is 1.93. The van der Waals surface area contributed by atoms with Gasteiger partial charge in [-0.05, 0) is 19.8 Å². The summed E-state index contributed by atoms with van der Waals surface area (Å²) in [6, 6.07) is 0. The lowest BCUT2D eigenvalue weighted by Gasteiger charge is -2.10. The van der Waals surface area contributed by atoms with E-state index in [4.69, 9.17) is 0 Å². The Bertz CT molecular complexity index is 559. The van der Waals surface area contributed by atoms with Crippen LogP contribution in [0, 0.1) is 6.92 Å². The van der Waals surface area contributed by atoms with E-state index in [1.807, 2.05) is 31.0 Å². The van der Waals surface area contributed by atoms with Crippen LogP contribution in [0.5, 0.6) is 0 Å². The largest absolute Gasteiger partial charge is 0.373 e. The van der Waals surface area contributed by atoms with Gasteiger partial charge < -0.3 is 5.32 Å². The number of anilines is 1. The SMILES string of the molecule is CCCn1cc(-c2nc(C)c(CC)c(NC)n2)cn1.